The van der Waals surface area contributed by atoms with Gasteiger partial charge in [0.25, 0.3) is 0 Å². The van der Waals surface area contributed by atoms with Gasteiger partial charge in [0.1, 0.15) is 5.75 Å². The number of aryl methyl sites for hydroxylation is 1. The fourth-order valence-corrected chi connectivity index (χ4v) is 3.80. The third-order valence-corrected chi connectivity index (χ3v) is 5.63. The molecule has 2 rings (SSSR count). The highest BCUT2D eigenvalue weighted by Gasteiger charge is 2.15. The molecule has 0 aliphatic carbocycles. The molecular formula is C16H15Br3O. The van der Waals surface area contributed by atoms with Crippen molar-refractivity contribution < 1.29 is 4.74 Å². The van der Waals surface area contributed by atoms with E-state index in [1.165, 1.54) is 16.7 Å². The van der Waals surface area contributed by atoms with E-state index in [1.807, 2.05) is 19.1 Å². The van der Waals surface area contributed by atoms with Gasteiger partial charge in [-0.2, -0.15) is 0 Å². The van der Waals surface area contributed by atoms with Crippen LogP contribution in [0.25, 0.3) is 0 Å². The molecule has 20 heavy (non-hydrogen) atoms. The Labute approximate surface area is 145 Å². The Morgan fingerprint density at radius 3 is 2.40 bits per heavy atom. The molecule has 1 atom stereocenters. The second-order valence-electron chi connectivity index (χ2n) is 4.49. The molecule has 106 valence electrons. The van der Waals surface area contributed by atoms with Crippen LogP contribution in [0.5, 0.6) is 5.75 Å². The number of hydrogen-bond donors (Lipinski definition) is 0. The lowest BCUT2D eigenvalue weighted by atomic mass is 10.0. The molecule has 4 heteroatoms. The molecule has 2 aromatic carbocycles. The molecule has 0 fully saturated rings. The second-order valence-corrected chi connectivity index (χ2v) is 7.11. The van der Waals surface area contributed by atoms with Crippen molar-refractivity contribution in [3.63, 3.8) is 0 Å². The van der Waals surface area contributed by atoms with Crippen LogP contribution in [0.2, 0.25) is 0 Å². The molecule has 0 saturated carbocycles. The van der Waals surface area contributed by atoms with Crippen LogP contribution in [0, 0.1) is 6.92 Å². The van der Waals surface area contributed by atoms with Gasteiger partial charge in [-0.1, -0.05) is 66.0 Å². The zero-order valence-corrected chi connectivity index (χ0v) is 16.0. The van der Waals surface area contributed by atoms with Crippen LogP contribution in [-0.2, 0) is 0 Å². The third-order valence-electron chi connectivity index (χ3n) is 3.03. The molecule has 0 radical (unpaired) electrons. The van der Waals surface area contributed by atoms with E-state index in [0.29, 0.717) is 6.61 Å². The SMILES string of the molecule is CCOc1ccc(C(Br)c2ccc(Br)c(C)c2)c(Br)c1. The molecule has 0 aliphatic rings. The Hall–Kier alpha value is -0.320. The van der Waals surface area contributed by atoms with Gasteiger partial charge in [0.05, 0.1) is 11.4 Å². The molecule has 0 bridgehead atoms. The quantitative estimate of drug-likeness (QED) is 0.477. The van der Waals surface area contributed by atoms with Gasteiger partial charge in [-0.15, -0.1) is 0 Å². The van der Waals surface area contributed by atoms with Gasteiger partial charge < -0.3 is 4.74 Å². The van der Waals surface area contributed by atoms with E-state index in [1.54, 1.807) is 0 Å². The minimum atomic E-state index is 0.152. The molecule has 0 aliphatic heterocycles. The summed E-state index contributed by atoms with van der Waals surface area (Å²) in [5.41, 5.74) is 3.65. The summed E-state index contributed by atoms with van der Waals surface area (Å²) in [4.78, 5) is 0.152. The van der Waals surface area contributed by atoms with E-state index < -0.39 is 0 Å². The summed E-state index contributed by atoms with van der Waals surface area (Å²) in [6.07, 6.45) is 0. The van der Waals surface area contributed by atoms with Crippen molar-refractivity contribution in [1.82, 2.24) is 0 Å². The van der Waals surface area contributed by atoms with Crippen LogP contribution in [0.1, 0.15) is 28.4 Å². The Bertz CT molecular complexity index is 611. The Morgan fingerprint density at radius 1 is 1.05 bits per heavy atom. The van der Waals surface area contributed by atoms with Gasteiger partial charge in [0.15, 0.2) is 0 Å². The number of ether oxygens (including phenoxy) is 1. The summed E-state index contributed by atoms with van der Waals surface area (Å²) in [5.74, 6) is 0.884. The Balaban J connectivity index is 2.32. The average Bonchev–Trinajstić information content (AvgIpc) is 2.42. The van der Waals surface area contributed by atoms with Crippen molar-refractivity contribution in [2.75, 3.05) is 6.61 Å². The molecule has 0 aromatic heterocycles. The number of halogens is 3. The molecule has 0 heterocycles. The zero-order valence-electron chi connectivity index (χ0n) is 11.3. The summed E-state index contributed by atoms with van der Waals surface area (Å²) < 4.78 is 7.69. The highest BCUT2D eigenvalue weighted by Crippen LogP contribution is 2.38. The molecule has 1 nitrogen and oxygen atoms in total. The molecule has 0 saturated heterocycles. The number of hydrogen-bond acceptors (Lipinski definition) is 1. The van der Waals surface area contributed by atoms with E-state index in [2.05, 4.69) is 79.0 Å². The molecule has 2 aromatic rings. The van der Waals surface area contributed by atoms with Crippen molar-refractivity contribution in [2.45, 2.75) is 18.7 Å². The number of alkyl halides is 1. The van der Waals surface area contributed by atoms with Crippen molar-refractivity contribution in [3.8, 4) is 5.75 Å². The maximum absolute atomic E-state index is 5.51. The second kappa shape index (κ2) is 7.10. The monoisotopic (exact) mass is 460 g/mol. The Morgan fingerprint density at radius 2 is 1.80 bits per heavy atom. The largest absolute Gasteiger partial charge is 0.494 e. The fourth-order valence-electron chi connectivity index (χ4n) is 1.97. The minimum Gasteiger partial charge on any atom is -0.494 e. The highest BCUT2D eigenvalue weighted by molar-refractivity contribution is 9.11. The van der Waals surface area contributed by atoms with Crippen molar-refractivity contribution in [2.24, 2.45) is 0 Å². The van der Waals surface area contributed by atoms with Gasteiger partial charge in [-0.3, -0.25) is 0 Å². The highest BCUT2D eigenvalue weighted by atomic mass is 79.9. The van der Waals surface area contributed by atoms with E-state index in [-0.39, 0.29) is 4.83 Å². The number of benzene rings is 2. The summed E-state index contributed by atoms with van der Waals surface area (Å²) in [5, 5.41) is 0. The van der Waals surface area contributed by atoms with Crippen LogP contribution in [0.4, 0.5) is 0 Å². The predicted octanol–water partition coefficient (Wildman–Crippen LogP) is 6.40. The van der Waals surface area contributed by atoms with Crippen LogP contribution >= 0.6 is 47.8 Å². The van der Waals surface area contributed by atoms with Crippen LogP contribution in [0.15, 0.2) is 45.3 Å². The van der Waals surface area contributed by atoms with E-state index in [9.17, 15) is 0 Å². The normalized spacial score (nSPS) is 12.2. The lowest BCUT2D eigenvalue weighted by Crippen LogP contribution is -1.97. The first-order valence-corrected chi connectivity index (χ1v) is 8.85. The predicted molar refractivity (Wildman–Crippen MR) is 95.0 cm³/mol. The van der Waals surface area contributed by atoms with Crippen molar-refractivity contribution in [3.05, 3.63) is 62.0 Å². The first-order valence-electron chi connectivity index (χ1n) is 6.35. The number of rotatable bonds is 4. The van der Waals surface area contributed by atoms with E-state index in [4.69, 9.17) is 4.74 Å². The minimum absolute atomic E-state index is 0.152. The first kappa shape index (κ1) is 16.1. The molecular weight excluding hydrogens is 448 g/mol. The van der Waals surface area contributed by atoms with Crippen LogP contribution in [0.3, 0.4) is 0 Å². The van der Waals surface area contributed by atoms with E-state index >= 15 is 0 Å². The Kier molecular flexibility index (Phi) is 5.70. The lowest BCUT2D eigenvalue weighted by Gasteiger charge is -2.15. The maximum atomic E-state index is 5.51. The summed E-state index contributed by atoms with van der Waals surface area (Å²) in [6, 6.07) is 12.5. The third kappa shape index (κ3) is 3.66. The fraction of sp³-hybridized carbons (Fsp3) is 0.250. The summed E-state index contributed by atoms with van der Waals surface area (Å²) >= 11 is 10.9. The van der Waals surface area contributed by atoms with Crippen molar-refractivity contribution in [1.29, 1.82) is 0 Å². The topological polar surface area (TPSA) is 9.23 Å². The van der Waals surface area contributed by atoms with Crippen LogP contribution < -0.4 is 4.74 Å². The molecule has 0 N–H and O–H groups in total. The van der Waals surface area contributed by atoms with Gasteiger partial charge in [-0.05, 0) is 48.7 Å². The van der Waals surface area contributed by atoms with Crippen LogP contribution in [-0.4, -0.2) is 6.61 Å². The summed E-state index contributed by atoms with van der Waals surface area (Å²) in [6.45, 7) is 4.76. The molecule has 0 spiro atoms. The van der Waals surface area contributed by atoms with E-state index in [0.717, 1.165) is 14.7 Å². The smallest absolute Gasteiger partial charge is 0.120 e. The van der Waals surface area contributed by atoms with Gasteiger partial charge >= 0.3 is 0 Å². The van der Waals surface area contributed by atoms with Gasteiger partial charge in [0, 0.05) is 8.95 Å². The van der Waals surface area contributed by atoms with Crippen molar-refractivity contribution >= 4 is 47.8 Å². The first-order chi connectivity index (χ1) is 9.52. The molecule has 0 amide bonds. The molecule has 1 unspecified atom stereocenters. The van der Waals surface area contributed by atoms with Gasteiger partial charge in [-0.25, -0.2) is 0 Å². The van der Waals surface area contributed by atoms with Gasteiger partial charge in [0.2, 0.25) is 0 Å². The summed E-state index contributed by atoms with van der Waals surface area (Å²) in [7, 11) is 0. The zero-order chi connectivity index (χ0) is 14.7. The average molecular weight is 463 g/mol. The lowest BCUT2D eigenvalue weighted by molar-refractivity contribution is 0.340. The maximum Gasteiger partial charge on any atom is 0.120 e. The standard InChI is InChI=1S/C16H15Br3O/c1-3-20-12-5-6-13(15(18)9-12)16(19)11-4-7-14(17)10(2)8-11/h4-9,16H,3H2,1-2H3.